The van der Waals surface area contributed by atoms with Crippen molar-refractivity contribution in [3.63, 3.8) is 0 Å². The van der Waals surface area contributed by atoms with E-state index in [9.17, 15) is 22.8 Å². The van der Waals surface area contributed by atoms with E-state index in [-0.39, 0.29) is 12.2 Å². The Morgan fingerprint density at radius 1 is 1.28 bits per heavy atom. The molecule has 1 amide bonds. The van der Waals surface area contributed by atoms with Crippen LogP contribution in [-0.2, 0) is 10.9 Å². The maximum atomic E-state index is 12.9. The molecule has 2 rings (SSSR count). The lowest BCUT2D eigenvalue weighted by molar-refractivity contribution is -0.137. The molecule has 1 aliphatic heterocycles. The maximum Gasteiger partial charge on any atom is 0.416 e. The standard InChI is InChI=1S/C18H22F3NO3/c1-2-3-11-25-17(24)22-10-5-4-9-15(22)16(23)13-7-6-8-14(12-13)18(19,20)21/h6-8,12,15H,2-5,9-11H2,1H3/t15-/m0/s1. The summed E-state index contributed by atoms with van der Waals surface area (Å²) in [6.07, 6.45) is -1.56. The first-order valence-electron chi connectivity index (χ1n) is 8.49. The smallest absolute Gasteiger partial charge is 0.416 e. The van der Waals surface area contributed by atoms with Crippen molar-refractivity contribution in [2.45, 2.75) is 51.2 Å². The predicted molar refractivity (Wildman–Crippen MR) is 86.4 cm³/mol. The van der Waals surface area contributed by atoms with Crippen LogP contribution in [0.3, 0.4) is 0 Å². The average Bonchev–Trinajstić information content (AvgIpc) is 2.60. The van der Waals surface area contributed by atoms with Crippen LogP contribution in [0.5, 0.6) is 0 Å². The van der Waals surface area contributed by atoms with Crippen LogP contribution in [0.4, 0.5) is 18.0 Å². The third kappa shape index (κ3) is 4.96. The first-order valence-corrected chi connectivity index (χ1v) is 8.49. The van der Waals surface area contributed by atoms with Crippen molar-refractivity contribution in [3.05, 3.63) is 35.4 Å². The van der Waals surface area contributed by atoms with Gasteiger partial charge in [-0.15, -0.1) is 0 Å². The third-order valence-electron chi connectivity index (χ3n) is 4.24. The average molecular weight is 357 g/mol. The zero-order valence-electron chi connectivity index (χ0n) is 14.1. The van der Waals surface area contributed by atoms with E-state index < -0.39 is 29.7 Å². The second kappa shape index (κ2) is 8.36. The summed E-state index contributed by atoms with van der Waals surface area (Å²) in [5.74, 6) is -0.474. The number of alkyl halides is 3. The number of rotatable bonds is 5. The van der Waals surface area contributed by atoms with Crippen LogP contribution in [-0.4, -0.2) is 36.0 Å². The Morgan fingerprint density at radius 3 is 2.72 bits per heavy atom. The minimum atomic E-state index is -4.51. The number of halogens is 3. The maximum absolute atomic E-state index is 12.9. The fourth-order valence-electron chi connectivity index (χ4n) is 2.85. The fraction of sp³-hybridized carbons (Fsp3) is 0.556. The molecule has 1 atom stereocenters. The Morgan fingerprint density at radius 2 is 2.04 bits per heavy atom. The number of Topliss-reactive ketones (excluding diaryl/α,β-unsaturated/α-hetero) is 1. The van der Waals surface area contributed by atoms with Crippen molar-refractivity contribution in [3.8, 4) is 0 Å². The van der Waals surface area contributed by atoms with Crippen LogP contribution >= 0.6 is 0 Å². The number of unbranched alkanes of at least 4 members (excludes halogenated alkanes) is 1. The second-order valence-electron chi connectivity index (χ2n) is 6.12. The first kappa shape index (κ1) is 19.3. The Kier molecular flexibility index (Phi) is 6.45. The predicted octanol–water partition coefficient (Wildman–Crippen LogP) is 4.68. The van der Waals surface area contributed by atoms with Crippen molar-refractivity contribution in [1.29, 1.82) is 0 Å². The first-order chi connectivity index (χ1) is 11.8. The number of benzene rings is 1. The number of hydrogen-bond acceptors (Lipinski definition) is 3. The van der Waals surface area contributed by atoms with Gasteiger partial charge in [0.2, 0.25) is 0 Å². The van der Waals surface area contributed by atoms with E-state index in [1.807, 2.05) is 6.92 Å². The Bertz CT molecular complexity index is 616. The molecular formula is C18H22F3NO3. The minimum Gasteiger partial charge on any atom is -0.449 e. The van der Waals surface area contributed by atoms with Crippen molar-refractivity contribution >= 4 is 11.9 Å². The Balaban J connectivity index is 2.16. The summed E-state index contributed by atoms with van der Waals surface area (Å²) < 4.78 is 43.7. The molecule has 0 bridgehead atoms. The lowest BCUT2D eigenvalue weighted by Gasteiger charge is -2.34. The topological polar surface area (TPSA) is 46.6 Å². The molecule has 7 heteroatoms. The number of carbonyl (C=O) groups excluding carboxylic acids is 2. The van der Waals surface area contributed by atoms with Crippen molar-refractivity contribution in [2.75, 3.05) is 13.2 Å². The molecule has 0 aromatic heterocycles. The highest BCUT2D eigenvalue weighted by atomic mass is 19.4. The van der Waals surface area contributed by atoms with Crippen LogP contribution in [0.25, 0.3) is 0 Å². The van der Waals surface area contributed by atoms with Crippen LogP contribution < -0.4 is 0 Å². The van der Waals surface area contributed by atoms with E-state index >= 15 is 0 Å². The van der Waals surface area contributed by atoms with Gasteiger partial charge in [-0.05, 0) is 37.8 Å². The summed E-state index contributed by atoms with van der Waals surface area (Å²) in [5, 5.41) is 0. The summed E-state index contributed by atoms with van der Waals surface area (Å²) in [4.78, 5) is 26.3. The number of ketones is 1. The van der Waals surface area contributed by atoms with Crippen molar-refractivity contribution in [1.82, 2.24) is 4.90 Å². The van der Waals surface area contributed by atoms with E-state index in [1.165, 1.54) is 17.0 Å². The molecule has 1 heterocycles. The molecule has 1 saturated heterocycles. The number of amides is 1. The van der Waals surface area contributed by atoms with Gasteiger partial charge in [0.05, 0.1) is 18.2 Å². The molecule has 0 radical (unpaired) electrons. The summed E-state index contributed by atoms with van der Waals surface area (Å²) in [5.41, 5.74) is -0.903. The normalized spacial score (nSPS) is 18.1. The highest BCUT2D eigenvalue weighted by molar-refractivity contribution is 6.01. The molecule has 25 heavy (non-hydrogen) atoms. The molecule has 0 N–H and O–H groups in total. The van der Waals surface area contributed by atoms with Crippen LogP contribution in [0.15, 0.2) is 24.3 Å². The van der Waals surface area contributed by atoms with Crippen molar-refractivity contribution in [2.24, 2.45) is 0 Å². The fourth-order valence-corrected chi connectivity index (χ4v) is 2.85. The summed E-state index contributed by atoms with van der Waals surface area (Å²) in [6, 6.07) is 3.56. The molecule has 138 valence electrons. The van der Waals surface area contributed by atoms with Gasteiger partial charge >= 0.3 is 12.3 Å². The lowest BCUT2D eigenvalue weighted by Crippen LogP contribution is -2.48. The minimum absolute atomic E-state index is 0.0342. The van der Waals surface area contributed by atoms with Crippen LogP contribution in [0.1, 0.15) is 54.9 Å². The van der Waals surface area contributed by atoms with Gasteiger partial charge in [0.25, 0.3) is 0 Å². The largest absolute Gasteiger partial charge is 0.449 e. The van der Waals surface area contributed by atoms with Crippen LogP contribution in [0, 0.1) is 0 Å². The van der Waals surface area contributed by atoms with Gasteiger partial charge in [-0.25, -0.2) is 4.79 Å². The zero-order chi connectivity index (χ0) is 18.4. The molecule has 0 unspecified atom stereocenters. The molecule has 0 saturated carbocycles. The number of hydrogen-bond donors (Lipinski definition) is 0. The monoisotopic (exact) mass is 357 g/mol. The van der Waals surface area contributed by atoms with E-state index in [0.29, 0.717) is 13.0 Å². The number of piperidine rings is 1. The third-order valence-corrected chi connectivity index (χ3v) is 4.24. The number of carbonyl (C=O) groups is 2. The molecular weight excluding hydrogens is 335 g/mol. The Labute approximate surface area is 144 Å². The lowest BCUT2D eigenvalue weighted by atomic mass is 9.94. The summed E-state index contributed by atoms with van der Waals surface area (Å²) >= 11 is 0. The SMILES string of the molecule is CCCCOC(=O)N1CCCC[C@H]1C(=O)c1cccc(C(F)(F)F)c1. The van der Waals surface area contributed by atoms with Crippen molar-refractivity contribution < 1.29 is 27.5 Å². The van der Waals surface area contributed by atoms with E-state index in [0.717, 1.165) is 37.8 Å². The van der Waals surface area contributed by atoms with E-state index in [1.54, 1.807) is 0 Å². The van der Waals surface area contributed by atoms with Gasteiger partial charge in [-0.2, -0.15) is 13.2 Å². The summed E-state index contributed by atoms with van der Waals surface area (Å²) in [7, 11) is 0. The molecule has 1 aromatic rings. The molecule has 1 aromatic carbocycles. The van der Waals surface area contributed by atoms with Gasteiger partial charge in [-0.1, -0.05) is 25.5 Å². The van der Waals surface area contributed by atoms with Gasteiger partial charge in [0, 0.05) is 12.1 Å². The van der Waals surface area contributed by atoms with Gasteiger partial charge in [0.1, 0.15) is 0 Å². The highest BCUT2D eigenvalue weighted by Gasteiger charge is 2.35. The molecule has 4 nitrogen and oxygen atoms in total. The summed E-state index contributed by atoms with van der Waals surface area (Å²) in [6.45, 7) is 2.62. The van der Waals surface area contributed by atoms with Crippen LogP contribution in [0.2, 0.25) is 0 Å². The Hall–Kier alpha value is -2.05. The quantitative estimate of drug-likeness (QED) is 0.568. The van der Waals surface area contributed by atoms with Gasteiger partial charge < -0.3 is 4.74 Å². The van der Waals surface area contributed by atoms with Gasteiger partial charge in [-0.3, -0.25) is 9.69 Å². The highest BCUT2D eigenvalue weighted by Crippen LogP contribution is 2.30. The molecule has 1 fully saturated rings. The van der Waals surface area contributed by atoms with Gasteiger partial charge in [0.15, 0.2) is 5.78 Å². The number of nitrogens with zero attached hydrogens (tertiary/aromatic N) is 1. The zero-order valence-corrected chi connectivity index (χ0v) is 14.1. The van der Waals surface area contributed by atoms with E-state index in [4.69, 9.17) is 4.74 Å². The molecule has 0 spiro atoms. The number of likely N-dealkylation sites (tertiary alicyclic amines) is 1. The molecule has 0 aliphatic carbocycles. The molecule has 1 aliphatic rings. The van der Waals surface area contributed by atoms with E-state index in [2.05, 4.69) is 0 Å². The second-order valence-corrected chi connectivity index (χ2v) is 6.12. The number of ether oxygens (including phenoxy) is 1.